The van der Waals surface area contributed by atoms with Crippen molar-refractivity contribution >= 4 is 23.0 Å². The van der Waals surface area contributed by atoms with Crippen molar-refractivity contribution in [2.45, 2.75) is 31.7 Å². The van der Waals surface area contributed by atoms with Gasteiger partial charge in [0.25, 0.3) is 0 Å². The fraction of sp³-hybridized carbons (Fsp3) is 0.500. The highest BCUT2D eigenvalue weighted by Gasteiger charge is 2.28. The van der Waals surface area contributed by atoms with Gasteiger partial charge in [-0.1, -0.05) is 12.1 Å². The lowest BCUT2D eigenvalue weighted by Gasteiger charge is -2.35. The number of benzene rings is 1. The highest BCUT2D eigenvalue weighted by atomic mass is 16.5. The summed E-state index contributed by atoms with van der Waals surface area (Å²) in [5, 5.41) is 0. The molecule has 1 aliphatic heterocycles. The topological polar surface area (TPSA) is 47.4 Å². The van der Waals surface area contributed by atoms with Crippen LogP contribution in [0.15, 0.2) is 24.3 Å². The Morgan fingerprint density at radius 1 is 1.38 bits per heavy atom. The lowest BCUT2D eigenvalue weighted by molar-refractivity contribution is -0.141. The minimum absolute atomic E-state index is 0.148. The van der Waals surface area contributed by atoms with Gasteiger partial charge in [0.2, 0.25) is 5.95 Å². The zero-order valence-corrected chi connectivity index (χ0v) is 12.6. The molecule has 0 aliphatic carbocycles. The van der Waals surface area contributed by atoms with Crippen LogP contribution < -0.4 is 4.90 Å². The SMILES string of the molecule is COC(=O)CC1CCCCN1c1nc2ccccc2n1C. The van der Waals surface area contributed by atoms with Crippen molar-refractivity contribution < 1.29 is 9.53 Å². The number of imidazole rings is 1. The predicted octanol–water partition coefficient (Wildman–Crippen LogP) is 2.50. The largest absolute Gasteiger partial charge is 0.469 e. The molecule has 1 aromatic heterocycles. The fourth-order valence-electron chi connectivity index (χ4n) is 3.14. The molecule has 0 bridgehead atoms. The van der Waals surface area contributed by atoms with Crippen LogP contribution in [0.1, 0.15) is 25.7 Å². The average Bonchev–Trinajstić information content (AvgIpc) is 2.85. The number of nitrogens with zero attached hydrogens (tertiary/aromatic N) is 3. The van der Waals surface area contributed by atoms with Crippen molar-refractivity contribution in [3.05, 3.63) is 24.3 Å². The molecule has 5 nitrogen and oxygen atoms in total. The van der Waals surface area contributed by atoms with Crippen LogP contribution >= 0.6 is 0 Å². The number of methoxy groups -OCH3 is 1. The maximum absolute atomic E-state index is 11.6. The molecule has 1 fully saturated rings. The minimum Gasteiger partial charge on any atom is -0.469 e. The van der Waals surface area contributed by atoms with Crippen molar-refractivity contribution in [3.8, 4) is 0 Å². The molecular formula is C16H21N3O2. The van der Waals surface area contributed by atoms with E-state index in [0.29, 0.717) is 6.42 Å². The van der Waals surface area contributed by atoms with Crippen molar-refractivity contribution in [1.29, 1.82) is 0 Å². The first-order chi connectivity index (χ1) is 10.2. The summed E-state index contributed by atoms with van der Waals surface area (Å²) in [4.78, 5) is 18.7. The molecule has 1 aromatic carbocycles. The van der Waals surface area contributed by atoms with Gasteiger partial charge in [0.05, 0.1) is 24.6 Å². The first-order valence-corrected chi connectivity index (χ1v) is 7.45. The predicted molar refractivity (Wildman–Crippen MR) is 82.3 cm³/mol. The Balaban J connectivity index is 1.94. The molecule has 1 aliphatic rings. The first-order valence-electron chi connectivity index (χ1n) is 7.45. The molecule has 0 spiro atoms. The molecule has 1 unspecified atom stereocenters. The number of carbonyl (C=O) groups excluding carboxylic acids is 1. The maximum atomic E-state index is 11.6. The zero-order chi connectivity index (χ0) is 14.8. The van der Waals surface area contributed by atoms with Crippen LogP contribution in [0.5, 0.6) is 0 Å². The van der Waals surface area contributed by atoms with Crippen LogP contribution in [-0.2, 0) is 16.6 Å². The van der Waals surface area contributed by atoms with Crippen molar-refractivity contribution in [2.24, 2.45) is 7.05 Å². The summed E-state index contributed by atoms with van der Waals surface area (Å²) in [7, 11) is 3.49. The summed E-state index contributed by atoms with van der Waals surface area (Å²) >= 11 is 0. The Labute approximate surface area is 124 Å². The van der Waals surface area contributed by atoms with E-state index in [1.807, 2.05) is 25.2 Å². The molecule has 0 N–H and O–H groups in total. The van der Waals surface area contributed by atoms with Gasteiger partial charge in [0.1, 0.15) is 0 Å². The number of anilines is 1. The van der Waals surface area contributed by atoms with Crippen LogP contribution in [0.3, 0.4) is 0 Å². The number of aryl methyl sites for hydroxylation is 1. The molecule has 0 saturated carbocycles. The van der Waals surface area contributed by atoms with E-state index in [9.17, 15) is 4.79 Å². The number of para-hydroxylation sites is 2. The standard InChI is InChI=1S/C16H21N3O2/c1-18-14-9-4-3-8-13(14)17-16(18)19-10-6-5-7-12(19)11-15(20)21-2/h3-4,8-9,12H,5-7,10-11H2,1-2H3. The van der Waals surface area contributed by atoms with Crippen LogP contribution in [0, 0.1) is 0 Å². The third kappa shape index (κ3) is 2.60. The second-order valence-corrected chi connectivity index (χ2v) is 5.58. The summed E-state index contributed by atoms with van der Waals surface area (Å²) in [6.45, 7) is 0.943. The lowest BCUT2D eigenvalue weighted by atomic mass is 10.00. The molecule has 5 heteroatoms. The van der Waals surface area contributed by atoms with Crippen molar-refractivity contribution in [3.63, 3.8) is 0 Å². The molecule has 3 rings (SSSR count). The molecule has 112 valence electrons. The molecule has 2 heterocycles. The van der Waals surface area contributed by atoms with Gasteiger partial charge in [-0.05, 0) is 31.4 Å². The fourth-order valence-corrected chi connectivity index (χ4v) is 3.14. The summed E-state index contributed by atoms with van der Waals surface area (Å²) in [6, 6.07) is 8.31. The molecule has 21 heavy (non-hydrogen) atoms. The summed E-state index contributed by atoms with van der Waals surface area (Å²) in [6.07, 6.45) is 3.74. The van der Waals surface area contributed by atoms with Crippen LogP contribution in [0.2, 0.25) is 0 Å². The first kappa shape index (κ1) is 13.9. The van der Waals surface area contributed by atoms with Gasteiger partial charge < -0.3 is 14.2 Å². The smallest absolute Gasteiger partial charge is 0.307 e. The quantitative estimate of drug-likeness (QED) is 0.814. The van der Waals surface area contributed by atoms with Crippen LogP contribution in [0.4, 0.5) is 5.95 Å². The molecule has 0 amide bonds. The normalized spacial score (nSPS) is 19.0. The molecule has 1 atom stereocenters. The molecule has 0 radical (unpaired) electrons. The van der Waals surface area contributed by atoms with Crippen molar-refractivity contribution in [1.82, 2.24) is 9.55 Å². The number of esters is 1. The Kier molecular flexibility index (Phi) is 3.82. The van der Waals surface area contributed by atoms with Gasteiger partial charge >= 0.3 is 5.97 Å². The zero-order valence-electron chi connectivity index (χ0n) is 12.6. The number of piperidine rings is 1. The maximum Gasteiger partial charge on any atom is 0.307 e. The van der Waals surface area contributed by atoms with Gasteiger partial charge in [-0.2, -0.15) is 0 Å². The second kappa shape index (κ2) is 5.76. The number of hydrogen-bond acceptors (Lipinski definition) is 4. The van der Waals surface area contributed by atoms with E-state index in [1.54, 1.807) is 0 Å². The Morgan fingerprint density at radius 3 is 2.95 bits per heavy atom. The van der Waals surface area contributed by atoms with E-state index < -0.39 is 0 Å². The van der Waals surface area contributed by atoms with E-state index in [0.717, 1.165) is 42.8 Å². The molecular weight excluding hydrogens is 266 g/mol. The van der Waals surface area contributed by atoms with Crippen LogP contribution in [-0.4, -0.2) is 35.2 Å². The summed E-state index contributed by atoms with van der Waals surface area (Å²) in [5.74, 6) is 0.801. The van der Waals surface area contributed by atoms with Crippen LogP contribution in [0.25, 0.3) is 11.0 Å². The van der Waals surface area contributed by atoms with E-state index >= 15 is 0 Å². The second-order valence-electron chi connectivity index (χ2n) is 5.58. The number of carbonyl (C=O) groups is 1. The molecule has 1 saturated heterocycles. The van der Waals surface area contributed by atoms with Crippen molar-refractivity contribution in [2.75, 3.05) is 18.6 Å². The highest BCUT2D eigenvalue weighted by molar-refractivity contribution is 5.79. The summed E-state index contributed by atoms with van der Waals surface area (Å²) in [5.41, 5.74) is 2.12. The lowest BCUT2D eigenvalue weighted by Crippen LogP contribution is -2.42. The van der Waals surface area contributed by atoms with E-state index in [4.69, 9.17) is 9.72 Å². The average molecular weight is 287 g/mol. The van der Waals surface area contributed by atoms with Gasteiger partial charge in [0, 0.05) is 19.6 Å². The minimum atomic E-state index is -0.148. The molecule has 2 aromatic rings. The summed E-state index contributed by atoms with van der Waals surface area (Å²) < 4.78 is 6.95. The number of hydrogen-bond donors (Lipinski definition) is 0. The van der Waals surface area contributed by atoms with Gasteiger partial charge in [-0.25, -0.2) is 4.98 Å². The van der Waals surface area contributed by atoms with Gasteiger partial charge in [-0.3, -0.25) is 4.79 Å². The van der Waals surface area contributed by atoms with E-state index in [1.165, 1.54) is 7.11 Å². The Hall–Kier alpha value is -2.04. The highest BCUT2D eigenvalue weighted by Crippen LogP contribution is 2.28. The van der Waals surface area contributed by atoms with Gasteiger partial charge in [-0.15, -0.1) is 0 Å². The Bertz CT molecular complexity index is 650. The van der Waals surface area contributed by atoms with Gasteiger partial charge in [0.15, 0.2) is 0 Å². The third-order valence-corrected chi connectivity index (χ3v) is 4.28. The number of ether oxygens (including phenoxy) is 1. The monoisotopic (exact) mass is 287 g/mol. The number of rotatable bonds is 3. The number of aromatic nitrogens is 2. The number of fused-ring (bicyclic) bond motifs is 1. The van der Waals surface area contributed by atoms with E-state index in [2.05, 4.69) is 15.5 Å². The Morgan fingerprint density at radius 2 is 2.19 bits per heavy atom. The van der Waals surface area contributed by atoms with E-state index in [-0.39, 0.29) is 12.0 Å². The third-order valence-electron chi connectivity index (χ3n) is 4.28.